The van der Waals surface area contributed by atoms with Crippen molar-refractivity contribution in [1.82, 2.24) is 15.5 Å². The lowest BCUT2D eigenvalue weighted by atomic mass is 9.92. The number of furan rings is 1. The molecule has 2 heterocycles. The molecule has 0 amide bonds. The number of piperidine rings is 1. The number of guanidine groups is 1. The zero-order chi connectivity index (χ0) is 22.0. The van der Waals surface area contributed by atoms with Gasteiger partial charge in [-0.05, 0) is 55.5 Å². The van der Waals surface area contributed by atoms with Crippen molar-refractivity contribution >= 4 is 29.9 Å². The number of benzene rings is 1. The topological polar surface area (TPSA) is 62.0 Å². The van der Waals surface area contributed by atoms with E-state index in [9.17, 15) is 0 Å². The molecule has 1 aliphatic heterocycles. The van der Waals surface area contributed by atoms with Crippen LogP contribution in [0.1, 0.15) is 56.3 Å². The monoisotopic (exact) mass is 566 g/mol. The molecule has 1 aromatic heterocycles. The highest BCUT2D eigenvalue weighted by Gasteiger charge is 2.26. The van der Waals surface area contributed by atoms with Gasteiger partial charge < -0.3 is 24.7 Å². The van der Waals surface area contributed by atoms with Crippen LogP contribution in [0.4, 0.5) is 0 Å². The summed E-state index contributed by atoms with van der Waals surface area (Å²) in [5.74, 6) is 2.76. The second-order valence-corrected chi connectivity index (χ2v) is 9.02. The molecule has 2 fully saturated rings. The Morgan fingerprint density at radius 1 is 1.06 bits per heavy atom. The molecule has 33 heavy (non-hydrogen) atoms. The maximum absolute atomic E-state index is 5.47. The Hall–Kier alpha value is -1.74. The lowest BCUT2D eigenvalue weighted by molar-refractivity contribution is 0.119. The summed E-state index contributed by atoms with van der Waals surface area (Å²) < 4.78 is 10.7. The van der Waals surface area contributed by atoms with Crippen LogP contribution in [0.5, 0.6) is 5.75 Å². The molecule has 0 atom stereocenters. The molecule has 1 aromatic carbocycles. The van der Waals surface area contributed by atoms with Crippen molar-refractivity contribution in [2.45, 2.75) is 70.0 Å². The Kier molecular flexibility index (Phi) is 10.9. The number of methoxy groups -OCH3 is 1. The standard InChI is InChI=1S/C26H38N4O2.HI/c1-31-24-11-9-21(10-12-24)20-28-26(27-16-13-25-8-5-19-32-25)29-22-14-17-30(18-15-22)23-6-3-2-4-7-23;/h5,8-12,19,22-23H,2-4,6-7,13-18,20H2,1H3,(H2,27,28,29);1H. The predicted octanol–water partition coefficient (Wildman–Crippen LogP) is 4.98. The fraction of sp³-hybridized carbons (Fsp3) is 0.577. The predicted molar refractivity (Wildman–Crippen MR) is 145 cm³/mol. The van der Waals surface area contributed by atoms with Crippen LogP contribution in [-0.2, 0) is 13.0 Å². The van der Waals surface area contributed by atoms with Crippen LogP contribution in [0.25, 0.3) is 0 Å². The third-order valence-corrected chi connectivity index (χ3v) is 6.78. The molecule has 2 aromatic rings. The summed E-state index contributed by atoms with van der Waals surface area (Å²) in [6.45, 7) is 3.82. The summed E-state index contributed by atoms with van der Waals surface area (Å²) in [6, 6.07) is 13.4. The number of hydrogen-bond acceptors (Lipinski definition) is 4. The molecule has 1 saturated carbocycles. The number of nitrogens with one attached hydrogen (secondary N) is 2. The second kappa shape index (κ2) is 13.8. The number of hydrogen-bond donors (Lipinski definition) is 2. The highest BCUT2D eigenvalue weighted by Crippen LogP contribution is 2.25. The maximum atomic E-state index is 5.47. The molecule has 6 nitrogen and oxygen atoms in total. The van der Waals surface area contributed by atoms with Crippen LogP contribution in [0.15, 0.2) is 52.1 Å². The molecule has 1 aliphatic carbocycles. The Labute approximate surface area is 215 Å². The number of aliphatic imine (C=N–C) groups is 1. The van der Waals surface area contributed by atoms with Gasteiger partial charge in [-0.1, -0.05) is 31.4 Å². The largest absolute Gasteiger partial charge is 0.497 e. The summed E-state index contributed by atoms with van der Waals surface area (Å²) in [5, 5.41) is 7.22. The van der Waals surface area contributed by atoms with Crippen molar-refractivity contribution in [1.29, 1.82) is 0 Å². The minimum absolute atomic E-state index is 0. The zero-order valence-electron chi connectivity index (χ0n) is 19.8. The molecule has 1 saturated heterocycles. The van der Waals surface area contributed by atoms with Gasteiger partial charge in [-0.2, -0.15) is 0 Å². The Balaban J connectivity index is 0.00000306. The van der Waals surface area contributed by atoms with Crippen LogP contribution in [0.3, 0.4) is 0 Å². The van der Waals surface area contributed by atoms with E-state index in [0.29, 0.717) is 12.6 Å². The third kappa shape index (κ3) is 8.21. The van der Waals surface area contributed by atoms with Gasteiger partial charge in [0.05, 0.1) is 19.9 Å². The lowest BCUT2D eigenvalue weighted by Gasteiger charge is -2.39. The summed E-state index contributed by atoms with van der Waals surface area (Å²) in [4.78, 5) is 7.61. The smallest absolute Gasteiger partial charge is 0.191 e. The summed E-state index contributed by atoms with van der Waals surface area (Å²) in [7, 11) is 1.69. The van der Waals surface area contributed by atoms with Crippen molar-refractivity contribution < 1.29 is 9.15 Å². The molecule has 2 aliphatic rings. The third-order valence-electron chi connectivity index (χ3n) is 6.78. The van der Waals surface area contributed by atoms with Crippen molar-refractivity contribution in [3.05, 3.63) is 54.0 Å². The van der Waals surface area contributed by atoms with Gasteiger partial charge >= 0.3 is 0 Å². The number of likely N-dealkylation sites (tertiary alicyclic amines) is 1. The summed E-state index contributed by atoms with van der Waals surface area (Å²) in [5.41, 5.74) is 1.17. The van der Waals surface area contributed by atoms with E-state index in [2.05, 4.69) is 27.7 Å². The van der Waals surface area contributed by atoms with Gasteiger partial charge in [0, 0.05) is 38.1 Å². The molecule has 0 unspecified atom stereocenters. The highest BCUT2D eigenvalue weighted by atomic mass is 127. The van der Waals surface area contributed by atoms with Gasteiger partial charge in [0.1, 0.15) is 11.5 Å². The quantitative estimate of drug-likeness (QED) is 0.268. The maximum Gasteiger partial charge on any atom is 0.191 e. The number of nitrogens with zero attached hydrogens (tertiary/aromatic N) is 2. The first-order chi connectivity index (χ1) is 15.8. The first kappa shape index (κ1) is 25.9. The SMILES string of the molecule is COc1ccc(CN=C(NCCc2ccco2)NC2CCN(C3CCCCC3)CC2)cc1.I. The first-order valence-corrected chi connectivity index (χ1v) is 12.2. The van der Waals surface area contributed by atoms with Crippen molar-refractivity contribution in [2.24, 2.45) is 4.99 Å². The van der Waals surface area contributed by atoms with Gasteiger partial charge in [-0.25, -0.2) is 4.99 Å². The van der Waals surface area contributed by atoms with E-state index in [1.807, 2.05) is 24.3 Å². The molecular weight excluding hydrogens is 527 g/mol. The van der Waals surface area contributed by atoms with Gasteiger partial charge in [0.2, 0.25) is 0 Å². The van der Waals surface area contributed by atoms with Crippen molar-refractivity contribution in [2.75, 3.05) is 26.7 Å². The normalized spacial score (nSPS) is 18.5. The van der Waals surface area contributed by atoms with E-state index in [1.54, 1.807) is 13.4 Å². The Bertz CT molecular complexity index is 811. The van der Waals surface area contributed by atoms with E-state index in [4.69, 9.17) is 14.1 Å². The minimum Gasteiger partial charge on any atom is -0.497 e. The molecule has 182 valence electrons. The molecule has 4 rings (SSSR count). The van der Waals surface area contributed by atoms with E-state index in [-0.39, 0.29) is 24.0 Å². The van der Waals surface area contributed by atoms with E-state index >= 15 is 0 Å². The molecule has 2 N–H and O–H groups in total. The fourth-order valence-corrected chi connectivity index (χ4v) is 4.86. The van der Waals surface area contributed by atoms with Crippen LogP contribution in [0, 0.1) is 0 Å². The molecule has 0 spiro atoms. The minimum atomic E-state index is 0. The van der Waals surface area contributed by atoms with Crippen molar-refractivity contribution in [3.63, 3.8) is 0 Å². The lowest BCUT2D eigenvalue weighted by Crippen LogP contribution is -2.51. The van der Waals surface area contributed by atoms with Crippen LogP contribution >= 0.6 is 24.0 Å². The van der Waals surface area contributed by atoms with Crippen LogP contribution in [0.2, 0.25) is 0 Å². The van der Waals surface area contributed by atoms with Gasteiger partial charge in [-0.15, -0.1) is 24.0 Å². The summed E-state index contributed by atoms with van der Waals surface area (Å²) >= 11 is 0. The van der Waals surface area contributed by atoms with E-state index < -0.39 is 0 Å². The number of halogens is 1. The zero-order valence-corrected chi connectivity index (χ0v) is 22.1. The Morgan fingerprint density at radius 2 is 1.82 bits per heavy atom. The van der Waals surface area contributed by atoms with Gasteiger partial charge in [0.25, 0.3) is 0 Å². The second-order valence-electron chi connectivity index (χ2n) is 9.02. The van der Waals surface area contributed by atoms with Crippen molar-refractivity contribution in [3.8, 4) is 5.75 Å². The molecule has 7 heteroatoms. The van der Waals surface area contributed by atoms with Gasteiger partial charge in [0.15, 0.2) is 5.96 Å². The summed E-state index contributed by atoms with van der Waals surface area (Å²) in [6.07, 6.45) is 11.9. The number of rotatable bonds is 8. The average Bonchev–Trinajstić information content (AvgIpc) is 3.37. The van der Waals surface area contributed by atoms with E-state index in [1.165, 1.54) is 63.6 Å². The highest BCUT2D eigenvalue weighted by molar-refractivity contribution is 14.0. The fourth-order valence-electron chi connectivity index (χ4n) is 4.86. The van der Waals surface area contributed by atoms with E-state index in [0.717, 1.165) is 36.5 Å². The Morgan fingerprint density at radius 3 is 2.48 bits per heavy atom. The molecule has 0 radical (unpaired) electrons. The van der Waals surface area contributed by atoms with Gasteiger partial charge in [-0.3, -0.25) is 0 Å². The first-order valence-electron chi connectivity index (χ1n) is 12.2. The number of ether oxygens (including phenoxy) is 1. The van der Waals surface area contributed by atoms with Crippen LogP contribution in [-0.4, -0.2) is 49.7 Å². The average molecular weight is 567 g/mol. The molecule has 0 bridgehead atoms. The van der Waals surface area contributed by atoms with Crippen LogP contribution < -0.4 is 15.4 Å². The molecular formula is C26H39IN4O2.